The largest absolute Gasteiger partial charge is 0.370 e. The number of primary amides is 1. The Balaban J connectivity index is 2.45. The minimum atomic E-state index is -0.375. The number of anilines is 1. The van der Waals surface area contributed by atoms with Crippen LogP contribution in [0.15, 0.2) is 12.4 Å². The number of amides is 2. The van der Waals surface area contributed by atoms with Crippen molar-refractivity contribution in [3.8, 4) is 0 Å². The zero-order valence-corrected chi connectivity index (χ0v) is 11.0. The fourth-order valence-corrected chi connectivity index (χ4v) is 1.37. The van der Waals surface area contributed by atoms with E-state index in [2.05, 4.69) is 20.6 Å². The molecule has 1 rings (SSSR count). The summed E-state index contributed by atoms with van der Waals surface area (Å²) in [6.07, 6.45) is 4.71. The van der Waals surface area contributed by atoms with Crippen molar-refractivity contribution in [1.82, 2.24) is 15.3 Å². The van der Waals surface area contributed by atoms with Crippen LogP contribution in [0.3, 0.4) is 0 Å². The van der Waals surface area contributed by atoms with Gasteiger partial charge in [-0.15, -0.1) is 0 Å². The van der Waals surface area contributed by atoms with E-state index < -0.39 is 0 Å². The summed E-state index contributed by atoms with van der Waals surface area (Å²) in [5.74, 6) is -0.108. The van der Waals surface area contributed by atoms with Gasteiger partial charge in [0.05, 0.1) is 12.4 Å². The Labute approximate surface area is 112 Å². The van der Waals surface area contributed by atoms with Crippen LogP contribution in [-0.2, 0) is 4.79 Å². The molecule has 0 radical (unpaired) electrons. The molecular formula is C12H19N5O2. The first-order chi connectivity index (χ1) is 9.13. The van der Waals surface area contributed by atoms with Crippen LogP contribution in [0.4, 0.5) is 5.82 Å². The highest BCUT2D eigenvalue weighted by Gasteiger charge is 2.08. The van der Waals surface area contributed by atoms with Crippen LogP contribution in [0.1, 0.15) is 36.7 Å². The van der Waals surface area contributed by atoms with Crippen molar-refractivity contribution in [3.05, 3.63) is 18.1 Å². The molecule has 7 heteroatoms. The number of carbonyl (C=O) groups excluding carboxylic acids is 2. The first kappa shape index (κ1) is 14.9. The minimum absolute atomic E-state index is 0.250. The molecular weight excluding hydrogens is 246 g/mol. The van der Waals surface area contributed by atoms with Crippen LogP contribution >= 0.6 is 0 Å². The zero-order valence-electron chi connectivity index (χ0n) is 11.0. The molecule has 4 N–H and O–H groups in total. The number of carbonyl (C=O) groups is 2. The van der Waals surface area contributed by atoms with E-state index in [4.69, 9.17) is 5.73 Å². The highest BCUT2D eigenvalue weighted by molar-refractivity contribution is 5.92. The molecule has 7 nitrogen and oxygen atoms in total. The van der Waals surface area contributed by atoms with Gasteiger partial charge in [-0.05, 0) is 12.8 Å². The third-order valence-corrected chi connectivity index (χ3v) is 2.31. The Morgan fingerprint density at radius 2 is 2.11 bits per heavy atom. The van der Waals surface area contributed by atoms with Gasteiger partial charge in [0.15, 0.2) is 0 Å². The minimum Gasteiger partial charge on any atom is -0.370 e. The molecule has 0 aliphatic carbocycles. The van der Waals surface area contributed by atoms with Crippen LogP contribution in [0.5, 0.6) is 0 Å². The molecule has 2 amide bonds. The van der Waals surface area contributed by atoms with Gasteiger partial charge in [-0.1, -0.05) is 6.92 Å². The van der Waals surface area contributed by atoms with Gasteiger partial charge in [-0.3, -0.25) is 14.6 Å². The highest BCUT2D eigenvalue weighted by atomic mass is 16.2. The second-order valence-electron chi connectivity index (χ2n) is 4.04. The topological polar surface area (TPSA) is 110 Å². The van der Waals surface area contributed by atoms with Crippen molar-refractivity contribution in [3.63, 3.8) is 0 Å². The van der Waals surface area contributed by atoms with E-state index >= 15 is 0 Å². The van der Waals surface area contributed by atoms with Crippen molar-refractivity contribution in [2.75, 3.05) is 18.4 Å². The maximum atomic E-state index is 11.8. The summed E-state index contributed by atoms with van der Waals surface area (Å²) in [5.41, 5.74) is 5.25. The number of nitrogens with zero attached hydrogens (tertiary/aromatic N) is 2. The van der Waals surface area contributed by atoms with E-state index in [1.807, 2.05) is 6.92 Å². The van der Waals surface area contributed by atoms with Crippen molar-refractivity contribution < 1.29 is 9.59 Å². The molecule has 104 valence electrons. The van der Waals surface area contributed by atoms with Crippen LogP contribution in [0, 0.1) is 0 Å². The number of aromatic nitrogens is 2. The number of hydrogen-bond acceptors (Lipinski definition) is 5. The van der Waals surface area contributed by atoms with Gasteiger partial charge in [-0.25, -0.2) is 4.98 Å². The summed E-state index contributed by atoms with van der Waals surface area (Å²) in [6, 6.07) is 0. The molecule has 0 saturated heterocycles. The number of nitrogens with two attached hydrogens (primary N) is 1. The number of hydrogen-bond donors (Lipinski definition) is 3. The van der Waals surface area contributed by atoms with E-state index in [1.54, 1.807) is 6.20 Å². The third-order valence-electron chi connectivity index (χ3n) is 2.31. The molecule has 0 atom stereocenters. The second kappa shape index (κ2) is 8.02. The maximum Gasteiger partial charge on any atom is 0.271 e. The summed E-state index contributed by atoms with van der Waals surface area (Å²) < 4.78 is 0. The zero-order chi connectivity index (χ0) is 14.1. The molecule has 0 bridgehead atoms. The predicted molar refractivity (Wildman–Crippen MR) is 71.6 cm³/mol. The van der Waals surface area contributed by atoms with Gasteiger partial charge in [-0.2, -0.15) is 0 Å². The van der Waals surface area contributed by atoms with Crippen LogP contribution in [-0.4, -0.2) is 34.9 Å². The summed E-state index contributed by atoms with van der Waals surface area (Å²) in [4.78, 5) is 30.4. The van der Waals surface area contributed by atoms with Crippen molar-refractivity contribution in [2.45, 2.75) is 26.2 Å². The van der Waals surface area contributed by atoms with Crippen molar-refractivity contribution in [2.24, 2.45) is 5.73 Å². The van der Waals surface area contributed by atoms with Gasteiger partial charge in [0.2, 0.25) is 5.91 Å². The van der Waals surface area contributed by atoms with Gasteiger partial charge in [0.25, 0.3) is 5.91 Å². The van der Waals surface area contributed by atoms with Crippen molar-refractivity contribution >= 4 is 17.6 Å². The lowest BCUT2D eigenvalue weighted by atomic mass is 10.3. The quantitative estimate of drug-likeness (QED) is 0.585. The number of nitrogens with one attached hydrogen (secondary N) is 2. The molecule has 0 aromatic carbocycles. The summed E-state index contributed by atoms with van der Waals surface area (Å²) in [6.45, 7) is 3.20. The van der Waals surface area contributed by atoms with Gasteiger partial charge in [0, 0.05) is 19.5 Å². The fourth-order valence-electron chi connectivity index (χ4n) is 1.37. The first-order valence-electron chi connectivity index (χ1n) is 6.26. The normalized spacial score (nSPS) is 9.95. The molecule has 1 heterocycles. The molecule has 0 unspecified atom stereocenters. The molecule has 0 fully saturated rings. The van der Waals surface area contributed by atoms with Gasteiger partial charge < -0.3 is 16.4 Å². The lowest BCUT2D eigenvalue weighted by Gasteiger charge is -2.06. The average Bonchev–Trinajstić information content (AvgIpc) is 2.41. The van der Waals surface area contributed by atoms with E-state index in [-0.39, 0.29) is 23.9 Å². The Bertz CT molecular complexity index is 436. The highest BCUT2D eigenvalue weighted by Crippen LogP contribution is 2.02. The molecule has 1 aromatic rings. The fraction of sp³-hybridized carbons (Fsp3) is 0.500. The molecule has 0 aliphatic heterocycles. The molecule has 0 saturated carbocycles. The van der Waals surface area contributed by atoms with Crippen LogP contribution < -0.4 is 16.4 Å². The Morgan fingerprint density at radius 3 is 2.79 bits per heavy atom. The van der Waals surface area contributed by atoms with Gasteiger partial charge >= 0.3 is 0 Å². The third kappa shape index (κ3) is 5.80. The maximum absolute atomic E-state index is 11.8. The molecule has 19 heavy (non-hydrogen) atoms. The van der Waals surface area contributed by atoms with Crippen LogP contribution in [0.2, 0.25) is 0 Å². The SMILES string of the molecule is CCCNc1cncc(C(=O)NCCCC(N)=O)n1. The first-order valence-corrected chi connectivity index (χ1v) is 6.26. The molecule has 0 spiro atoms. The molecule has 1 aromatic heterocycles. The summed E-state index contributed by atoms with van der Waals surface area (Å²) in [7, 11) is 0. The summed E-state index contributed by atoms with van der Waals surface area (Å²) in [5, 5.41) is 5.72. The second-order valence-corrected chi connectivity index (χ2v) is 4.04. The van der Waals surface area contributed by atoms with E-state index in [9.17, 15) is 9.59 Å². The number of rotatable bonds is 8. The smallest absolute Gasteiger partial charge is 0.271 e. The Morgan fingerprint density at radius 1 is 1.32 bits per heavy atom. The monoisotopic (exact) mass is 265 g/mol. The Hall–Kier alpha value is -2.18. The summed E-state index contributed by atoms with van der Waals surface area (Å²) >= 11 is 0. The lowest BCUT2D eigenvalue weighted by Crippen LogP contribution is -2.26. The van der Waals surface area contributed by atoms with Gasteiger partial charge in [0.1, 0.15) is 11.5 Å². The predicted octanol–water partition coefficient (Wildman–Crippen LogP) is 0.294. The average molecular weight is 265 g/mol. The van der Waals surface area contributed by atoms with Crippen molar-refractivity contribution in [1.29, 1.82) is 0 Å². The van der Waals surface area contributed by atoms with E-state index in [0.717, 1.165) is 13.0 Å². The standard InChI is InChI=1S/C12H19N5O2/c1-2-5-15-11-8-14-7-9(17-11)12(19)16-6-3-4-10(13)18/h7-8H,2-6H2,1H3,(H2,13,18)(H,15,17)(H,16,19). The Kier molecular flexibility index (Phi) is 6.28. The lowest BCUT2D eigenvalue weighted by molar-refractivity contribution is -0.118. The van der Waals surface area contributed by atoms with Crippen LogP contribution in [0.25, 0.3) is 0 Å². The molecule has 0 aliphatic rings. The van der Waals surface area contributed by atoms with E-state index in [1.165, 1.54) is 6.20 Å². The van der Waals surface area contributed by atoms with E-state index in [0.29, 0.717) is 18.8 Å².